The van der Waals surface area contributed by atoms with Crippen molar-refractivity contribution in [3.8, 4) is 5.75 Å². The van der Waals surface area contributed by atoms with E-state index in [2.05, 4.69) is 15.5 Å². The normalized spacial score (nSPS) is 17.7. The van der Waals surface area contributed by atoms with Gasteiger partial charge in [-0.05, 0) is 29.3 Å². The van der Waals surface area contributed by atoms with Crippen LogP contribution in [0.2, 0.25) is 0 Å². The highest BCUT2D eigenvalue weighted by Crippen LogP contribution is 2.22. The molecule has 1 saturated heterocycles. The fraction of sp³-hybridized carbons (Fsp3) is 0.158. The Balaban J connectivity index is 1.60. The van der Waals surface area contributed by atoms with Crippen molar-refractivity contribution in [1.82, 2.24) is 5.32 Å². The molecule has 2 N–H and O–H groups in total. The van der Waals surface area contributed by atoms with Gasteiger partial charge >= 0.3 is 5.97 Å². The van der Waals surface area contributed by atoms with Crippen LogP contribution in [0, 0.1) is 11.6 Å². The highest BCUT2D eigenvalue weighted by atomic mass is 32.2. The average Bonchev–Trinajstić information content (AvgIpc) is 3.01. The van der Waals surface area contributed by atoms with Crippen molar-refractivity contribution < 1.29 is 28.2 Å². The van der Waals surface area contributed by atoms with Crippen LogP contribution in [0.4, 0.5) is 8.78 Å². The van der Waals surface area contributed by atoms with Crippen LogP contribution in [-0.2, 0) is 16.2 Å². The van der Waals surface area contributed by atoms with Gasteiger partial charge < -0.3 is 15.2 Å². The third kappa shape index (κ3) is 5.85. The van der Waals surface area contributed by atoms with Crippen LogP contribution in [0.1, 0.15) is 17.5 Å². The van der Waals surface area contributed by atoms with Gasteiger partial charge in [-0.2, -0.15) is 5.10 Å². The van der Waals surface area contributed by atoms with E-state index in [1.54, 1.807) is 24.3 Å². The number of hydrogen-bond acceptors (Lipinski definition) is 6. The van der Waals surface area contributed by atoms with Gasteiger partial charge in [-0.15, -0.1) is 5.10 Å². The number of carbonyl (C=O) groups excluding carboxylic acids is 1. The van der Waals surface area contributed by atoms with Gasteiger partial charge in [0.25, 0.3) is 0 Å². The van der Waals surface area contributed by atoms with Crippen LogP contribution in [0.15, 0.2) is 52.7 Å². The van der Waals surface area contributed by atoms with Gasteiger partial charge in [0, 0.05) is 6.07 Å². The number of nitrogens with one attached hydrogen (secondary N) is 1. The Morgan fingerprint density at radius 2 is 2.10 bits per heavy atom. The molecule has 7 nitrogen and oxygen atoms in total. The fourth-order valence-electron chi connectivity index (χ4n) is 2.41. The van der Waals surface area contributed by atoms with E-state index >= 15 is 0 Å². The first-order valence-electron chi connectivity index (χ1n) is 8.38. The van der Waals surface area contributed by atoms with Crippen LogP contribution < -0.4 is 10.1 Å². The number of carboxylic acids is 1. The molecule has 10 heteroatoms. The van der Waals surface area contributed by atoms with E-state index in [0.29, 0.717) is 11.1 Å². The molecule has 1 aliphatic heterocycles. The number of carbonyl (C=O) groups is 2. The first-order valence-corrected chi connectivity index (χ1v) is 9.26. The minimum Gasteiger partial charge on any atom is -0.486 e. The summed E-state index contributed by atoms with van der Waals surface area (Å²) in [5.74, 6) is -2.92. The molecule has 0 radical (unpaired) electrons. The summed E-state index contributed by atoms with van der Waals surface area (Å²) in [6.45, 7) is 0.0271. The zero-order chi connectivity index (χ0) is 20.8. The van der Waals surface area contributed by atoms with Crippen molar-refractivity contribution in [3.63, 3.8) is 0 Å². The van der Waals surface area contributed by atoms with Gasteiger partial charge in [-0.25, -0.2) is 8.78 Å². The Kier molecular flexibility index (Phi) is 6.55. The van der Waals surface area contributed by atoms with Crippen LogP contribution in [0.25, 0.3) is 0 Å². The van der Waals surface area contributed by atoms with Gasteiger partial charge in [0.1, 0.15) is 17.7 Å². The average molecular weight is 419 g/mol. The molecule has 1 unspecified atom stereocenters. The Bertz CT molecular complexity index is 997. The molecule has 1 fully saturated rings. The van der Waals surface area contributed by atoms with Crippen molar-refractivity contribution in [1.29, 1.82) is 0 Å². The van der Waals surface area contributed by atoms with Crippen LogP contribution in [-0.4, -0.2) is 33.6 Å². The number of hydrogen-bond donors (Lipinski definition) is 2. The Labute approximate surface area is 168 Å². The highest BCUT2D eigenvalue weighted by Gasteiger charge is 2.32. The zero-order valence-electron chi connectivity index (χ0n) is 14.8. The summed E-state index contributed by atoms with van der Waals surface area (Å²) in [7, 11) is 0. The van der Waals surface area contributed by atoms with Crippen molar-refractivity contribution in [2.75, 3.05) is 0 Å². The van der Waals surface area contributed by atoms with Gasteiger partial charge in [-0.1, -0.05) is 30.0 Å². The molecule has 1 atom stereocenters. The fourth-order valence-corrected chi connectivity index (χ4v) is 3.32. The Morgan fingerprint density at radius 1 is 1.28 bits per heavy atom. The number of benzene rings is 2. The number of carboxylic acid groups (broad SMARTS) is 1. The lowest BCUT2D eigenvalue weighted by Gasteiger charge is -2.07. The van der Waals surface area contributed by atoms with Crippen LogP contribution in [0.5, 0.6) is 5.75 Å². The number of ether oxygens (including phenoxy) is 1. The van der Waals surface area contributed by atoms with Crippen molar-refractivity contribution in [2.24, 2.45) is 10.2 Å². The van der Waals surface area contributed by atoms with Crippen molar-refractivity contribution in [3.05, 3.63) is 65.2 Å². The number of aliphatic carboxylic acids is 1. The maximum absolute atomic E-state index is 13.6. The summed E-state index contributed by atoms with van der Waals surface area (Å²) < 4.78 is 32.1. The largest absolute Gasteiger partial charge is 0.486 e. The third-order valence-corrected chi connectivity index (χ3v) is 4.80. The lowest BCUT2D eigenvalue weighted by molar-refractivity contribution is -0.138. The van der Waals surface area contributed by atoms with Gasteiger partial charge in [0.15, 0.2) is 16.7 Å². The maximum atomic E-state index is 13.6. The number of halogens is 2. The third-order valence-electron chi connectivity index (χ3n) is 3.73. The number of rotatable bonds is 7. The minimum absolute atomic E-state index is 0.0271. The summed E-state index contributed by atoms with van der Waals surface area (Å²) in [5, 5.41) is 18.5. The molecule has 1 heterocycles. The summed E-state index contributed by atoms with van der Waals surface area (Å²) >= 11 is 1.00. The van der Waals surface area contributed by atoms with Gasteiger partial charge in [0.2, 0.25) is 5.91 Å². The maximum Gasteiger partial charge on any atom is 0.305 e. The first-order chi connectivity index (χ1) is 13.9. The van der Waals surface area contributed by atoms with E-state index in [1.165, 1.54) is 6.21 Å². The van der Waals surface area contributed by atoms with E-state index < -0.39 is 28.8 Å². The number of nitrogens with zero attached hydrogens (tertiary/aromatic N) is 2. The van der Waals surface area contributed by atoms with Crippen LogP contribution >= 0.6 is 11.8 Å². The Hall–Kier alpha value is -3.27. The minimum atomic E-state index is -1.07. The van der Waals surface area contributed by atoms with Gasteiger partial charge in [-0.3, -0.25) is 9.59 Å². The molecule has 1 amide bonds. The molecule has 0 aliphatic carbocycles. The summed E-state index contributed by atoms with van der Waals surface area (Å²) in [6, 6.07) is 9.96. The molecule has 0 spiro atoms. The smallest absolute Gasteiger partial charge is 0.305 e. The van der Waals surface area contributed by atoms with E-state index in [9.17, 15) is 18.4 Å². The molecule has 29 heavy (non-hydrogen) atoms. The second-order valence-corrected chi connectivity index (χ2v) is 7.14. The number of amidine groups is 1. The highest BCUT2D eigenvalue weighted by molar-refractivity contribution is 8.15. The second-order valence-electron chi connectivity index (χ2n) is 5.95. The van der Waals surface area contributed by atoms with E-state index in [0.717, 1.165) is 30.0 Å². The predicted molar refractivity (Wildman–Crippen MR) is 104 cm³/mol. The van der Waals surface area contributed by atoms with Gasteiger partial charge in [0.05, 0.1) is 12.6 Å². The van der Waals surface area contributed by atoms with E-state index in [4.69, 9.17) is 9.84 Å². The second kappa shape index (κ2) is 9.28. The molecule has 2 aromatic rings. The molecule has 0 bridgehead atoms. The zero-order valence-corrected chi connectivity index (χ0v) is 15.7. The molecule has 0 aromatic heterocycles. The molecule has 2 aromatic carbocycles. The standard InChI is InChI=1S/C19H15F2N3O4S/c20-13-4-5-14(21)15(7-13)28-10-12-3-1-2-11(6-12)9-22-24-19-23-18(27)16(29-19)8-17(25)26/h1-7,9,16H,8,10H2,(H,25,26)(H,23,24,27). The summed E-state index contributed by atoms with van der Waals surface area (Å²) in [6.07, 6.45) is 1.14. The summed E-state index contributed by atoms with van der Waals surface area (Å²) in [4.78, 5) is 22.3. The Morgan fingerprint density at radius 3 is 2.90 bits per heavy atom. The molecule has 3 rings (SSSR count). The van der Waals surface area contributed by atoms with Crippen molar-refractivity contribution >= 4 is 35.0 Å². The first kappa shape index (κ1) is 20.5. The molecule has 1 aliphatic rings. The quantitative estimate of drug-likeness (QED) is 0.531. The SMILES string of the molecule is O=C(O)CC1SC(=NN=Cc2cccc(COc3cc(F)ccc3F)c2)NC1=O. The predicted octanol–water partition coefficient (Wildman–Crippen LogP) is 2.94. The topological polar surface area (TPSA) is 100 Å². The lowest BCUT2D eigenvalue weighted by Crippen LogP contribution is -2.26. The molecular weight excluding hydrogens is 404 g/mol. The van der Waals surface area contributed by atoms with E-state index in [-0.39, 0.29) is 23.9 Å². The number of thioether (sulfide) groups is 1. The molecule has 150 valence electrons. The summed E-state index contributed by atoms with van der Waals surface area (Å²) in [5.41, 5.74) is 1.38. The lowest BCUT2D eigenvalue weighted by atomic mass is 10.1. The molecular formula is C19H15F2N3O4S. The monoisotopic (exact) mass is 419 g/mol. The van der Waals surface area contributed by atoms with Crippen LogP contribution in [0.3, 0.4) is 0 Å². The van der Waals surface area contributed by atoms with E-state index in [1.807, 2.05) is 0 Å². The van der Waals surface area contributed by atoms with Crippen molar-refractivity contribution in [2.45, 2.75) is 18.3 Å². The molecule has 0 saturated carbocycles. The number of amides is 1.